The molecule has 1 saturated heterocycles. The summed E-state index contributed by atoms with van der Waals surface area (Å²) in [7, 11) is 0. The number of nitrogens with zero attached hydrogens (tertiary/aromatic N) is 2. The van der Waals surface area contributed by atoms with Crippen molar-refractivity contribution in [3.8, 4) is 0 Å². The van der Waals surface area contributed by atoms with Crippen LogP contribution >= 0.6 is 0 Å². The fourth-order valence-electron chi connectivity index (χ4n) is 2.72. The van der Waals surface area contributed by atoms with Gasteiger partial charge in [0.05, 0.1) is 30.3 Å². The van der Waals surface area contributed by atoms with Crippen LogP contribution in [-0.2, 0) is 4.84 Å². The SMILES string of the molecule is O=C1c2ccccc2C(=O)N1OCC1CC(F)(F)CN1C(=O)O. The summed E-state index contributed by atoms with van der Waals surface area (Å²) in [4.78, 5) is 40.7. The third-order valence-electron chi connectivity index (χ3n) is 3.78. The van der Waals surface area contributed by atoms with Gasteiger partial charge in [0.2, 0.25) is 0 Å². The Kier molecular flexibility index (Phi) is 3.52. The molecule has 0 bridgehead atoms. The third kappa shape index (κ3) is 2.63. The van der Waals surface area contributed by atoms with Gasteiger partial charge in [-0.2, -0.15) is 0 Å². The molecule has 0 aromatic heterocycles. The molecule has 1 aromatic carbocycles. The lowest BCUT2D eigenvalue weighted by Gasteiger charge is -2.22. The normalized spacial score (nSPS) is 22.6. The molecular formula is C14H12F2N2O5. The molecule has 7 nitrogen and oxygen atoms in total. The van der Waals surface area contributed by atoms with Gasteiger partial charge >= 0.3 is 6.09 Å². The van der Waals surface area contributed by atoms with Gasteiger partial charge in [-0.3, -0.25) is 19.3 Å². The zero-order chi connectivity index (χ0) is 16.8. The van der Waals surface area contributed by atoms with E-state index in [2.05, 4.69) is 0 Å². The highest BCUT2D eigenvalue weighted by Crippen LogP contribution is 2.32. The Bertz CT molecular complexity index is 659. The molecule has 1 unspecified atom stereocenters. The number of fused-ring (bicyclic) bond motifs is 1. The van der Waals surface area contributed by atoms with Gasteiger partial charge in [-0.15, -0.1) is 5.06 Å². The molecule has 2 heterocycles. The van der Waals surface area contributed by atoms with Crippen molar-refractivity contribution in [2.24, 2.45) is 0 Å². The summed E-state index contributed by atoms with van der Waals surface area (Å²) in [5.74, 6) is -4.55. The van der Waals surface area contributed by atoms with E-state index in [0.717, 1.165) is 0 Å². The van der Waals surface area contributed by atoms with Crippen LogP contribution in [0.1, 0.15) is 27.1 Å². The van der Waals surface area contributed by atoms with E-state index in [4.69, 9.17) is 9.94 Å². The summed E-state index contributed by atoms with van der Waals surface area (Å²) in [6.45, 7) is -1.44. The number of hydrogen-bond donors (Lipinski definition) is 1. The molecule has 1 N–H and O–H groups in total. The number of carboxylic acid groups (broad SMARTS) is 1. The highest BCUT2D eigenvalue weighted by molar-refractivity contribution is 6.20. The highest BCUT2D eigenvalue weighted by Gasteiger charge is 2.48. The average Bonchev–Trinajstić information content (AvgIpc) is 2.93. The van der Waals surface area contributed by atoms with Crippen LogP contribution in [0.4, 0.5) is 13.6 Å². The predicted molar refractivity (Wildman–Crippen MR) is 71.0 cm³/mol. The van der Waals surface area contributed by atoms with Crippen molar-refractivity contribution in [2.45, 2.75) is 18.4 Å². The van der Waals surface area contributed by atoms with E-state index in [0.29, 0.717) is 9.96 Å². The molecule has 23 heavy (non-hydrogen) atoms. The van der Waals surface area contributed by atoms with Gasteiger partial charge in [-0.05, 0) is 12.1 Å². The minimum absolute atomic E-state index is 0.157. The maximum absolute atomic E-state index is 13.4. The van der Waals surface area contributed by atoms with Gasteiger partial charge in [-0.25, -0.2) is 13.6 Å². The second kappa shape index (κ2) is 5.27. The Morgan fingerprint density at radius 3 is 2.35 bits per heavy atom. The molecule has 9 heteroatoms. The molecule has 122 valence electrons. The number of likely N-dealkylation sites (tertiary alicyclic amines) is 1. The maximum Gasteiger partial charge on any atom is 0.407 e. The summed E-state index contributed by atoms with van der Waals surface area (Å²) < 4.78 is 26.7. The summed E-state index contributed by atoms with van der Waals surface area (Å²) in [5.41, 5.74) is 0.314. The molecule has 3 rings (SSSR count). The number of carbonyl (C=O) groups is 3. The molecular weight excluding hydrogens is 314 g/mol. The van der Waals surface area contributed by atoms with E-state index in [1.807, 2.05) is 0 Å². The molecule has 1 fully saturated rings. The van der Waals surface area contributed by atoms with Crippen molar-refractivity contribution < 1.29 is 33.1 Å². The van der Waals surface area contributed by atoms with E-state index in [9.17, 15) is 23.2 Å². The quantitative estimate of drug-likeness (QED) is 0.853. The minimum Gasteiger partial charge on any atom is -0.465 e. The Labute approximate surface area is 129 Å². The average molecular weight is 326 g/mol. The lowest BCUT2D eigenvalue weighted by molar-refractivity contribution is -0.103. The van der Waals surface area contributed by atoms with E-state index < -0.39 is 49.4 Å². The van der Waals surface area contributed by atoms with E-state index >= 15 is 0 Å². The topological polar surface area (TPSA) is 87.2 Å². The molecule has 2 aliphatic heterocycles. The molecule has 0 spiro atoms. The summed E-state index contributed by atoms with van der Waals surface area (Å²) >= 11 is 0. The van der Waals surface area contributed by atoms with Crippen LogP contribution in [0, 0.1) is 0 Å². The van der Waals surface area contributed by atoms with Crippen LogP contribution in [0.5, 0.6) is 0 Å². The molecule has 3 amide bonds. The Balaban J connectivity index is 1.71. The number of hydrogen-bond acceptors (Lipinski definition) is 4. The minimum atomic E-state index is -3.16. The van der Waals surface area contributed by atoms with Gasteiger partial charge in [0.1, 0.15) is 0 Å². The second-order valence-corrected chi connectivity index (χ2v) is 5.37. The molecule has 1 aromatic rings. The number of rotatable bonds is 3. The van der Waals surface area contributed by atoms with Crippen LogP contribution < -0.4 is 0 Å². The monoisotopic (exact) mass is 326 g/mol. The Morgan fingerprint density at radius 2 is 1.83 bits per heavy atom. The first-order valence-electron chi connectivity index (χ1n) is 6.78. The summed E-state index contributed by atoms with van der Waals surface area (Å²) in [6.07, 6.45) is -2.22. The predicted octanol–water partition coefficient (Wildman–Crippen LogP) is 1.60. The smallest absolute Gasteiger partial charge is 0.407 e. The van der Waals surface area contributed by atoms with Crippen molar-refractivity contribution in [1.29, 1.82) is 0 Å². The third-order valence-corrected chi connectivity index (χ3v) is 3.78. The number of alkyl halides is 2. The van der Waals surface area contributed by atoms with E-state index in [-0.39, 0.29) is 11.1 Å². The zero-order valence-electron chi connectivity index (χ0n) is 11.7. The fraction of sp³-hybridized carbons (Fsp3) is 0.357. The van der Waals surface area contributed by atoms with Crippen LogP contribution in [-0.4, -0.2) is 58.1 Å². The zero-order valence-corrected chi connectivity index (χ0v) is 11.7. The fourth-order valence-corrected chi connectivity index (χ4v) is 2.72. The molecule has 2 aliphatic rings. The molecule has 0 radical (unpaired) electrons. The van der Waals surface area contributed by atoms with Crippen LogP contribution in [0.25, 0.3) is 0 Å². The van der Waals surface area contributed by atoms with Crippen molar-refractivity contribution in [1.82, 2.24) is 9.96 Å². The van der Waals surface area contributed by atoms with Crippen LogP contribution in [0.3, 0.4) is 0 Å². The number of imide groups is 1. The number of halogens is 2. The van der Waals surface area contributed by atoms with E-state index in [1.54, 1.807) is 12.1 Å². The second-order valence-electron chi connectivity index (χ2n) is 5.37. The number of benzene rings is 1. The van der Waals surface area contributed by atoms with Gasteiger partial charge in [0, 0.05) is 6.42 Å². The summed E-state index contributed by atoms with van der Waals surface area (Å²) in [6, 6.07) is 4.93. The lowest BCUT2D eigenvalue weighted by Crippen LogP contribution is -2.40. The first-order chi connectivity index (χ1) is 10.8. The van der Waals surface area contributed by atoms with Crippen molar-refractivity contribution in [2.75, 3.05) is 13.2 Å². The maximum atomic E-state index is 13.4. The van der Waals surface area contributed by atoms with Crippen molar-refractivity contribution >= 4 is 17.9 Å². The van der Waals surface area contributed by atoms with E-state index in [1.165, 1.54) is 12.1 Å². The number of amides is 3. The van der Waals surface area contributed by atoms with Gasteiger partial charge in [0.15, 0.2) is 0 Å². The highest BCUT2D eigenvalue weighted by atomic mass is 19.3. The van der Waals surface area contributed by atoms with Crippen LogP contribution in [0.2, 0.25) is 0 Å². The first-order valence-corrected chi connectivity index (χ1v) is 6.78. The Hall–Kier alpha value is -2.55. The molecule has 0 aliphatic carbocycles. The largest absolute Gasteiger partial charge is 0.465 e. The Morgan fingerprint density at radius 1 is 1.26 bits per heavy atom. The standard InChI is InChI=1S/C14H12F2N2O5/c15-14(16)5-8(17(7-14)13(21)22)6-23-18-11(19)9-3-1-2-4-10(9)12(18)20/h1-4,8H,5-7H2,(H,21,22). The van der Waals surface area contributed by atoms with Gasteiger partial charge in [0.25, 0.3) is 17.7 Å². The van der Waals surface area contributed by atoms with Crippen molar-refractivity contribution in [3.05, 3.63) is 35.4 Å². The van der Waals surface area contributed by atoms with Gasteiger partial charge in [-0.1, -0.05) is 12.1 Å². The summed E-state index contributed by atoms with van der Waals surface area (Å²) in [5, 5.41) is 9.43. The number of hydroxylamine groups is 2. The molecule has 1 atom stereocenters. The van der Waals surface area contributed by atoms with Crippen molar-refractivity contribution in [3.63, 3.8) is 0 Å². The number of carbonyl (C=O) groups excluding carboxylic acids is 2. The van der Waals surface area contributed by atoms with Crippen LogP contribution in [0.15, 0.2) is 24.3 Å². The first kappa shape index (κ1) is 15.3. The lowest BCUT2D eigenvalue weighted by atomic mass is 10.1. The van der Waals surface area contributed by atoms with Gasteiger partial charge < -0.3 is 5.11 Å². The molecule has 0 saturated carbocycles.